The van der Waals surface area contributed by atoms with Crippen molar-refractivity contribution < 1.29 is 19.1 Å². The van der Waals surface area contributed by atoms with E-state index in [9.17, 15) is 9.59 Å². The quantitative estimate of drug-likeness (QED) is 0.718. The van der Waals surface area contributed by atoms with Crippen molar-refractivity contribution in [2.75, 3.05) is 0 Å². The van der Waals surface area contributed by atoms with E-state index in [0.29, 0.717) is 17.9 Å². The maximum Gasteiger partial charge on any atom is 0.435 e. The first-order chi connectivity index (χ1) is 12.9. The molecule has 0 unspecified atom stereocenters. The number of hydrogen-bond acceptors (Lipinski definition) is 5. The normalized spacial score (nSPS) is 14.0. The number of nitrogens with zero attached hydrogens (tertiary/aromatic N) is 3. The summed E-state index contributed by atoms with van der Waals surface area (Å²) in [6.45, 7) is 11.5. The van der Waals surface area contributed by atoms with Gasteiger partial charge in [0, 0.05) is 11.1 Å². The smallest absolute Gasteiger partial charge is 0.435 e. The van der Waals surface area contributed by atoms with Gasteiger partial charge in [-0.25, -0.2) is 9.59 Å². The van der Waals surface area contributed by atoms with Crippen molar-refractivity contribution in [3.63, 3.8) is 0 Å². The van der Waals surface area contributed by atoms with Gasteiger partial charge < -0.3 is 9.47 Å². The second-order valence-electron chi connectivity index (χ2n) is 8.87. The van der Waals surface area contributed by atoms with Crippen LogP contribution in [0.15, 0.2) is 30.3 Å². The molecule has 0 spiro atoms. The minimum Gasteiger partial charge on any atom is -0.444 e. The summed E-state index contributed by atoms with van der Waals surface area (Å²) in [5.74, 6) is 0. The largest absolute Gasteiger partial charge is 0.444 e. The highest BCUT2D eigenvalue weighted by molar-refractivity contribution is 5.77. The number of hydrogen-bond donors (Lipinski definition) is 0. The molecule has 0 aliphatic carbocycles. The van der Waals surface area contributed by atoms with Crippen molar-refractivity contribution >= 4 is 12.2 Å². The van der Waals surface area contributed by atoms with Crippen LogP contribution in [0.5, 0.6) is 0 Å². The van der Waals surface area contributed by atoms with Gasteiger partial charge in [0.2, 0.25) is 0 Å². The number of rotatable bonds is 1. The van der Waals surface area contributed by atoms with Gasteiger partial charge in [0.25, 0.3) is 0 Å². The van der Waals surface area contributed by atoms with Crippen LogP contribution >= 0.6 is 0 Å². The Morgan fingerprint density at radius 3 is 2.04 bits per heavy atom. The molecule has 1 amide bonds. The molecule has 0 atom stereocenters. The minimum atomic E-state index is -0.647. The molecule has 7 nitrogen and oxygen atoms in total. The predicted octanol–water partition coefficient (Wildman–Crippen LogP) is 4.58. The minimum absolute atomic E-state index is 0.239. The van der Waals surface area contributed by atoms with E-state index in [0.717, 1.165) is 11.1 Å². The Kier molecular flexibility index (Phi) is 4.95. The number of carbonyl (C=O) groups is 2. The average Bonchev–Trinajstić information content (AvgIpc) is 3.11. The van der Waals surface area contributed by atoms with Crippen molar-refractivity contribution in [3.8, 4) is 11.3 Å². The van der Waals surface area contributed by atoms with Crippen LogP contribution in [0.2, 0.25) is 0 Å². The van der Waals surface area contributed by atoms with E-state index < -0.39 is 23.4 Å². The topological polar surface area (TPSA) is 73.7 Å². The standard InChI is InChI=1S/C21H27N3O4/c1-20(2,3)27-18(25)23-12-15-16(13-23)24(19(26)28-21(4,5)6)22-17(15)14-10-8-7-9-11-14/h7-11H,12-13H2,1-6H3. The van der Waals surface area contributed by atoms with Gasteiger partial charge in [-0.3, -0.25) is 4.90 Å². The number of benzene rings is 1. The lowest BCUT2D eigenvalue weighted by molar-refractivity contribution is 0.0232. The number of ether oxygens (including phenoxy) is 2. The predicted molar refractivity (Wildman–Crippen MR) is 105 cm³/mol. The summed E-state index contributed by atoms with van der Waals surface area (Å²) in [6.07, 6.45) is -0.976. The number of carbonyl (C=O) groups excluding carboxylic acids is 2. The molecular weight excluding hydrogens is 358 g/mol. The van der Waals surface area contributed by atoms with Crippen molar-refractivity contribution in [1.82, 2.24) is 14.7 Å². The highest BCUT2D eigenvalue weighted by Gasteiger charge is 2.35. The van der Waals surface area contributed by atoms with Gasteiger partial charge in [0.05, 0.1) is 24.5 Å². The van der Waals surface area contributed by atoms with Gasteiger partial charge in [-0.15, -0.1) is 0 Å². The number of aromatic nitrogens is 2. The molecule has 1 aromatic carbocycles. The zero-order chi connectivity index (χ0) is 20.7. The summed E-state index contributed by atoms with van der Waals surface area (Å²) in [7, 11) is 0. The summed E-state index contributed by atoms with van der Waals surface area (Å²) in [4.78, 5) is 26.8. The van der Waals surface area contributed by atoms with Crippen molar-refractivity contribution in [3.05, 3.63) is 41.6 Å². The maximum absolute atomic E-state index is 12.7. The van der Waals surface area contributed by atoms with Gasteiger partial charge in [-0.1, -0.05) is 30.3 Å². The molecule has 0 saturated carbocycles. The fourth-order valence-electron chi connectivity index (χ4n) is 2.98. The first-order valence-electron chi connectivity index (χ1n) is 9.32. The summed E-state index contributed by atoms with van der Waals surface area (Å²) in [5.41, 5.74) is 1.80. The van der Waals surface area contributed by atoms with Crippen LogP contribution in [0.3, 0.4) is 0 Å². The fourth-order valence-corrected chi connectivity index (χ4v) is 2.98. The molecule has 0 saturated heterocycles. The molecule has 0 N–H and O–H groups in total. The van der Waals surface area contributed by atoms with Gasteiger partial charge >= 0.3 is 12.2 Å². The van der Waals surface area contributed by atoms with E-state index in [-0.39, 0.29) is 6.54 Å². The molecule has 1 aliphatic rings. The number of amides is 1. The molecule has 2 heterocycles. The van der Waals surface area contributed by atoms with E-state index >= 15 is 0 Å². The van der Waals surface area contributed by atoms with Crippen LogP contribution in [0.4, 0.5) is 9.59 Å². The van der Waals surface area contributed by atoms with Gasteiger partial charge in [0.15, 0.2) is 0 Å². The molecule has 7 heteroatoms. The summed E-state index contributed by atoms with van der Waals surface area (Å²) >= 11 is 0. The Balaban J connectivity index is 1.97. The lowest BCUT2D eigenvalue weighted by Crippen LogP contribution is -2.34. The number of fused-ring (bicyclic) bond motifs is 1. The molecule has 1 aliphatic heterocycles. The Morgan fingerprint density at radius 1 is 0.893 bits per heavy atom. The second kappa shape index (κ2) is 6.96. The van der Waals surface area contributed by atoms with Crippen LogP contribution < -0.4 is 0 Å². The summed E-state index contributed by atoms with van der Waals surface area (Å²) in [6, 6.07) is 9.60. The molecule has 0 bridgehead atoms. The Hall–Kier alpha value is -2.83. The first kappa shape index (κ1) is 19.9. The highest BCUT2D eigenvalue weighted by Crippen LogP contribution is 2.33. The van der Waals surface area contributed by atoms with Crippen LogP contribution in [-0.4, -0.2) is 38.1 Å². The third-order valence-electron chi connectivity index (χ3n) is 4.04. The Labute approximate surface area is 165 Å². The van der Waals surface area contributed by atoms with Gasteiger partial charge in [0.1, 0.15) is 11.2 Å². The summed E-state index contributed by atoms with van der Waals surface area (Å²) in [5, 5.41) is 4.52. The van der Waals surface area contributed by atoms with Crippen molar-refractivity contribution in [2.24, 2.45) is 0 Å². The monoisotopic (exact) mass is 385 g/mol. The zero-order valence-electron chi connectivity index (χ0n) is 17.3. The summed E-state index contributed by atoms with van der Waals surface area (Å²) < 4.78 is 12.3. The van der Waals surface area contributed by atoms with Crippen LogP contribution in [-0.2, 0) is 22.6 Å². The van der Waals surface area contributed by atoms with Gasteiger partial charge in [-0.05, 0) is 41.5 Å². The lowest BCUT2D eigenvalue weighted by atomic mass is 10.1. The molecule has 3 rings (SSSR count). The second-order valence-corrected chi connectivity index (χ2v) is 8.87. The van der Waals surface area contributed by atoms with Gasteiger partial charge in [-0.2, -0.15) is 9.78 Å². The zero-order valence-corrected chi connectivity index (χ0v) is 17.3. The van der Waals surface area contributed by atoms with E-state index in [1.54, 1.807) is 25.7 Å². The SMILES string of the molecule is CC(C)(C)OC(=O)N1Cc2c(-c3ccccc3)nn(C(=O)OC(C)(C)C)c2C1. The molecule has 2 aromatic rings. The molecule has 0 radical (unpaired) electrons. The van der Waals surface area contributed by atoms with E-state index in [1.165, 1.54) is 4.68 Å². The first-order valence-corrected chi connectivity index (χ1v) is 9.32. The molecule has 0 fully saturated rings. The van der Waals surface area contributed by atoms with E-state index in [1.807, 2.05) is 51.1 Å². The third-order valence-corrected chi connectivity index (χ3v) is 4.04. The molecule has 28 heavy (non-hydrogen) atoms. The molecule has 150 valence electrons. The van der Waals surface area contributed by atoms with Crippen LogP contribution in [0.1, 0.15) is 52.8 Å². The van der Waals surface area contributed by atoms with Crippen LogP contribution in [0.25, 0.3) is 11.3 Å². The molecule has 1 aromatic heterocycles. The van der Waals surface area contributed by atoms with E-state index in [2.05, 4.69) is 5.10 Å². The third kappa shape index (κ3) is 4.35. The highest BCUT2D eigenvalue weighted by atomic mass is 16.6. The molecular formula is C21H27N3O4. The van der Waals surface area contributed by atoms with E-state index in [4.69, 9.17) is 9.47 Å². The Morgan fingerprint density at radius 2 is 1.46 bits per heavy atom. The lowest BCUT2D eigenvalue weighted by Gasteiger charge is -2.24. The van der Waals surface area contributed by atoms with Crippen molar-refractivity contribution in [2.45, 2.75) is 65.8 Å². The average molecular weight is 385 g/mol. The maximum atomic E-state index is 12.7. The Bertz CT molecular complexity index is 889. The van der Waals surface area contributed by atoms with Crippen LogP contribution in [0, 0.1) is 0 Å². The fraction of sp³-hybridized carbons (Fsp3) is 0.476. The van der Waals surface area contributed by atoms with Crippen molar-refractivity contribution in [1.29, 1.82) is 0 Å².